The number of aliphatic hydroxyl groups is 1. The molecule has 1 aliphatic heterocycles. The SMILES string of the molecule is CCOC1=NN(c2ccc(C(=O)O)cc2)C(=O)C1=Cc1c(C(C)O)nn(-c2ccc(C(=O)O)cc2)c1O. The number of carbonyl (C=O) groups excluding carboxylic acids is 1. The quantitative estimate of drug-likeness (QED) is 0.351. The van der Waals surface area contributed by atoms with E-state index in [1.54, 1.807) is 6.92 Å². The average Bonchev–Trinajstić information content (AvgIpc) is 3.36. The third-order valence-corrected chi connectivity index (χ3v) is 5.45. The summed E-state index contributed by atoms with van der Waals surface area (Å²) in [6.45, 7) is 3.32. The highest BCUT2D eigenvalue weighted by Crippen LogP contribution is 2.33. The summed E-state index contributed by atoms with van der Waals surface area (Å²) in [5.41, 5.74) is 0.767. The van der Waals surface area contributed by atoms with Gasteiger partial charge in [-0.1, -0.05) is 0 Å². The Balaban J connectivity index is 1.77. The first kappa shape index (κ1) is 25.1. The lowest BCUT2D eigenvalue weighted by atomic mass is 10.1. The number of aromatic nitrogens is 2. The number of aliphatic hydroxyl groups excluding tert-OH is 1. The van der Waals surface area contributed by atoms with Gasteiger partial charge in [-0.05, 0) is 68.5 Å². The number of carboxylic acid groups (broad SMARTS) is 2. The zero-order valence-electron chi connectivity index (χ0n) is 19.7. The number of hydrazone groups is 1. The fourth-order valence-corrected chi connectivity index (χ4v) is 3.64. The van der Waals surface area contributed by atoms with Crippen molar-refractivity contribution < 1.29 is 39.5 Å². The third-order valence-electron chi connectivity index (χ3n) is 5.45. The molecule has 12 heteroatoms. The minimum absolute atomic E-state index is 0.0258. The summed E-state index contributed by atoms with van der Waals surface area (Å²) in [6, 6.07) is 11.1. The van der Waals surface area contributed by atoms with Crippen LogP contribution in [0.5, 0.6) is 5.88 Å². The first-order valence-electron chi connectivity index (χ1n) is 11.1. The molecule has 0 spiro atoms. The molecule has 1 unspecified atom stereocenters. The molecule has 0 saturated heterocycles. The Labute approximate surface area is 210 Å². The van der Waals surface area contributed by atoms with Crippen LogP contribution in [0, 0.1) is 0 Å². The number of ether oxygens (including phenoxy) is 1. The maximum atomic E-state index is 13.3. The normalized spacial score (nSPS) is 15.1. The molecule has 190 valence electrons. The lowest BCUT2D eigenvalue weighted by molar-refractivity contribution is -0.114. The summed E-state index contributed by atoms with van der Waals surface area (Å²) >= 11 is 0. The number of amides is 1. The second kappa shape index (κ2) is 9.95. The standard InChI is InChI=1S/C25H22N4O8/c1-3-37-21-19(23(32)29(27-21)17-10-6-15(7-11-17)25(35)36)12-18-20(13(2)30)26-28(22(18)31)16-8-4-14(5-9-16)24(33)34/h4-13,30-31H,3H2,1-2H3,(H,33,34)(H,35,36). The molecule has 4 rings (SSSR count). The largest absolute Gasteiger partial charge is 0.493 e. The summed E-state index contributed by atoms with van der Waals surface area (Å²) in [7, 11) is 0. The molecule has 1 atom stereocenters. The van der Waals surface area contributed by atoms with Gasteiger partial charge in [0.25, 0.3) is 5.91 Å². The number of rotatable bonds is 7. The summed E-state index contributed by atoms with van der Waals surface area (Å²) in [5.74, 6) is -3.28. The van der Waals surface area contributed by atoms with Gasteiger partial charge in [0.2, 0.25) is 11.8 Å². The van der Waals surface area contributed by atoms with E-state index >= 15 is 0 Å². The maximum Gasteiger partial charge on any atom is 0.335 e. The van der Waals surface area contributed by atoms with Gasteiger partial charge in [-0.3, -0.25) is 4.79 Å². The number of carbonyl (C=O) groups is 3. The smallest absolute Gasteiger partial charge is 0.335 e. The lowest BCUT2D eigenvalue weighted by Crippen LogP contribution is -2.21. The summed E-state index contributed by atoms with van der Waals surface area (Å²) in [4.78, 5) is 35.6. The van der Waals surface area contributed by atoms with Gasteiger partial charge in [-0.2, -0.15) is 10.1 Å². The van der Waals surface area contributed by atoms with E-state index < -0.39 is 29.8 Å². The average molecular weight is 506 g/mol. The number of hydrogen-bond acceptors (Lipinski definition) is 8. The van der Waals surface area contributed by atoms with Gasteiger partial charge in [0, 0.05) is 0 Å². The number of aromatic hydroxyl groups is 1. The zero-order chi connectivity index (χ0) is 26.9. The second-order valence-corrected chi connectivity index (χ2v) is 7.93. The van der Waals surface area contributed by atoms with Crippen molar-refractivity contribution >= 4 is 35.5 Å². The van der Waals surface area contributed by atoms with Crippen molar-refractivity contribution in [2.24, 2.45) is 5.10 Å². The van der Waals surface area contributed by atoms with E-state index in [9.17, 15) is 24.6 Å². The van der Waals surface area contributed by atoms with Crippen molar-refractivity contribution in [3.8, 4) is 11.6 Å². The Bertz CT molecular complexity index is 1440. The molecule has 37 heavy (non-hydrogen) atoms. The van der Waals surface area contributed by atoms with Crippen LogP contribution >= 0.6 is 0 Å². The van der Waals surface area contributed by atoms with Crippen LogP contribution in [-0.4, -0.2) is 60.6 Å². The van der Waals surface area contributed by atoms with Crippen LogP contribution in [0.15, 0.2) is 59.2 Å². The van der Waals surface area contributed by atoms with Crippen molar-refractivity contribution in [3.63, 3.8) is 0 Å². The van der Waals surface area contributed by atoms with Crippen LogP contribution in [0.2, 0.25) is 0 Å². The van der Waals surface area contributed by atoms with Gasteiger partial charge in [-0.15, -0.1) is 5.10 Å². The van der Waals surface area contributed by atoms with Crippen LogP contribution in [0.3, 0.4) is 0 Å². The van der Waals surface area contributed by atoms with Gasteiger partial charge < -0.3 is 25.2 Å². The Kier molecular flexibility index (Phi) is 6.76. The molecule has 0 saturated carbocycles. The number of hydrogen-bond donors (Lipinski definition) is 4. The van der Waals surface area contributed by atoms with Gasteiger partial charge >= 0.3 is 11.9 Å². The Morgan fingerprint density at radius 2 is 1.54 bits per heavy atom. The minimum Gasteiger partial charge on any atom is -0.493 e. The number of anilines is 1. The molecular formula is C25H22N4O8. The molecule has 2 aromatic carbocycles. The van der Waals surface area contributed by atoms with E-state index in [1.165, 1.54) is 61.5 Å². The Morgan fingerprint density at radius 3 is 2.03 bits per heavy atom. The van der Waals surface area contributed by atoms with Gasteiger partial charge in [-0.25, -0.2) is 14.3 Å². The lowest BCUT2D eigenvalue weighted by Gasteiger charge is -2.11. The molecule has 0 radical (unpaired) electrons. The van der Waals surface area contributed by atoms with E-state index in [0.717, 1.165) is 9.69 Å². The van der Waals surface area contributed by atoms with E-state index in [4.69, 9.17) is 14.9 Å². The van der Waals surface area contributed by atoms with Crippen molar-refractivity contribution in [1.29, 1.82) is 0 Å². The van der Waals surface area contributed by atoms with E-state index in [1.807, 2.05) is 0 Å². The molecule has 1 aromatic heterocycles. The highest BCUT2D eigenvalue weighted by molar-refractivity contribution is 6.30. The monoisotopic (exact) mass is 506 g/mol. The Hall–Kier alpha value is -4.97. The van der Waals surface area contributed by atoms with Crippen molar-refractivity contribution in [2.75, 3.05) is 11.6 Å². The fourth-order valence-electron chi connectivity index (χ4n) is 3.64. The molecule has 3 aromatic rings. The molecule has 4 N–H and O–H groups in total. The molecule has 1 aliphatic rings. The number of aromatic carboxylic acids is 2. The molecule has 2 heterocycles. The van der Waals surface area contributed by atoms with E-state index in [-0.39, 0.29) is 40.5 Å². The predicted octanol–water partition coefficient (Wildman–Crippen LogP) is 2.81. The maximum absolute atomic E-state index is 13.3. The highest BCUT2D eigenvalue weighted by Gasteiger charge is 2.34. The third kappa shape index (κ3) is 4.77. The number of benzene rings is 2. The van der Waals surface area contributed by atoms with Crippen LogP contribution in [0.1, 0.15) is 51.9 Å². The van der Waals surface area contributed by atoms with Crippen LogP contribution < -0.4 is 5.01 Å². The topological polar surface area (TPSA) is 175 Å². The summed E-state index contributed by atoms with van der Waals surface area (Å²) in [6.07, 6.45) is 0.163. The predicted molar refractivity (Wildman–Crippen MR) is 131 cm³/mol. The molecule has 0 aliphatic carbocycles. The van der Waals surface area contributed by atoms with Gasteiger partial charge in [0.15, 0.2) is 0 Å². The van der Waals surface area contributed by atoms with Crippen LogP contribution in [0.25, 0.3) is 11.8 Å². The van der Waals surface area contributed by atoms with Crippen molar-refractivity contribution in [1.82, 2.24) is 9.78 Å². The first-order chi connectivity index (χ1) is 17.6. The van der Waals surface area contributed by atoms with Gasteiger partial charge in [0.05, 0.1) is 40.8 Å². The molecule has 12 nitrogen and oxygen atoms in total. The zero-order valence-corrected chi connectivity index (χ0v) is 19.7. The van der Waals surface area contributed by atoms with Crippen molar-refractivity contribution in [2.45, 2.75) is 20.0 Å². The minimum atomic E-state index is -1.14. The summed E-state index contributed by atoms with van der Waals surface area (Å²) < 4.78 is 6.65. The highest BCUT2D eigenvalue weighted by atomic mass is 16.5. The molecule has 0 fully saturated rings. The van der Waals surface area contributed by atoms with E-state index in [0.29, 0.717) is 11.4 Å². The van der Waals surface area contributed by atoms with Crippen LogP contribution in [0.4, 0.5) is 5.69 Å². The fraction of sp³-hybridized carbons (Fsp3) is 0.160. The number of nitrogens with zero attached hydrogens (tertiary/aromatic N) is 4. The van der Waals surface area contributed by atoms with Crippen molar-refractivity contribution in [3.05, 3.63) is 76.5 Å². The summed E-state index contributed by atoms with van der Waals surface area (Å²) in [5, 5.41) is 49.0. The second-order valence-electron chi connectivity index (χ2n) is 7.93. The Morgan fingerprint density at radius 1 is 1.00 bits per heavy atom. The molecule has 0 bridgehead atoms. The number of carboxylic acids is 2. The van der Waals surface area contributed by atoms with Crippen LogP contribution in [-0.2, 0) is 9.53 Å². The van der Waals surface area contributed by atoms with E-state index in [2.05, 4.69) is 10.2 Å². The molecular weight excluding hydrogens is 484 g/mol. The van der Waals surface area contributed by atoms with Gasteiger partial charge in [0.1, 0.15) is 11.3 Å². The molecule has 1 amide bonds. The first-order valence-corrected chi connectivity index (χ1v) is 11.1.